The summed E-state index contributed by atoms with van der Waals surface area (Å²) in [4.78, 5) is 14.5. The largest absolute Gasteiger partial charge is 0.369 e. The molecule has 0 radical (unpaired) electrons. The van der Waals surface area contributed by atoms with Gasteiger partial charge in [0.2, 0.25) is 15.9 Å². The summed E-state index contributed by atoms with van der Waals surface area (Å²) in [5, 5.41) is 6.88. The van der Waals surface area contributed by atoms with Crippen molar-refractivity contribution in [1.82, 2.24) is 19.4 Å². The van der Waals surface area contributed by atoms with Crippen molar-refractivity contribution >= 4 is 21.6 Å². The number of amides is 1. The van der Waals surface area contributed by atoms with Crippen molar-refractivity contribution in [1.29, 1.82) is 0 Å². The predicted octanol–water partition coefficient (Wildman–Crippen LogP) is 1.95. The van der Waals surface area contributed by atoms with Crippen molar-refractivity contribution in [3.63, 3.8) is 0 Å². The van der Waals surface area contributed by atoms with Gasteiger partial charge in [0.15, 0.2) is 0 Å². The van der Waals surface area contributed by atoms with Crippen LogP contribution in [0.15, 0.2) is 67.0 Å². The van der Waals surface area contributed by atoms with Gasteiger partial charge < -0.3 is 10.2 Å². The lowest BCUT2D eigenvalue weighted by Crippen LogP contribution is -2.50. The van der Waals surface area contributed by atoms with Gasteiger partial charge in [-0.05, 0) is 48.4 Å². The molecule has 2 aromatic carbocycles. The van der Waals surface area contributed by atoms with E-state index in [9.17, 15) is 13.2 Å². The summed E-state index contributed by atoms with van der Waals surface area (Å²) in [6.07, 6.45) is 3.55. The first-order valence-corrected chi connectivity index (χ1v) is 12.2. The Kier molecular flexibility index (Phi) is 6.57. The molecule has 2 heterocycles. The number of hydrogen-bond acceptors (Lipinski definition) is 5. The molecule has 1 aliphatic rings. The molecule has 1 saturated heterocycles. The van der Waals surface area contributed by atoms with E-state index < -0.39 is 21.7 Å². The van der Waals surface area contributed by atoms with Crippen LogP contribution in [0.3, 0.4) is 0 Å². The van der Waals surface area contributed by atoms with Crippen LogP contribution >= 0.6 is 0 Å². The zero-order valence-corrected chi connectivity index (χ0v) is 18.8. The number of carbonyl (C=O) groups excluding carboxylic acids is 1. The number of nitrogens with zero attached hydrogens (tertiary/aromatic N) is 4. The van der Waals surface area contributed by atoms with E-state index in [1.807, 2.05) is 61.7 Å². The molecule has 1 fully saturated rings. The number of rotatable bonds is 7. The molecule has 168 valence electrons. The van der Waals surface area contributed by atoms with E-state index in [4.69, 9.17) is 0 Å². The monoisotopic (exact) mass is 453 g/mol. The summed E-state index contributed by atoms with van der Waals surface area (Å²) in [6.45, 7) is 4.27. The molecule has 1 aliphatic heterocycles. The van der Waals surface area contributed by atoms with E-state index in [-0.39, 0.29) is 6.54 Å². The molecular formula is C23H27N5O3S. The van der Waals surface area contributed by atoms with Crippen LogP contribution in [-0.2, 0) is 21.4 Å². The van der Waals surface area contributed by atoms with Crippen molar-refractivity contribution in [2.75, 3.05) is 36.8 Å². The Morgan fingerprint density at radius 1 is 1.00 bits per heavy atom. The molecule has 0 aliphatic carbocycles. The number of benzene rings is 2. The summed E-state index contributed by atoms with van der Waals surface area (Å²) >= 11 is 0. The zero-order chi connectivity index (χ0) is 22.6. The highest BCUT2D eigenvalue weighted by Gasteiger charge is 2.29. The Labute approximate surface area is 188 Å². The second-order valence-electron chi connectivity index (χ2n) is 7.88. The van der Waals surface area contributed by atoms with Crippen LogP contribution in [0.1, 0.15) is 11.1 Å². The number of nitrogens with one attached hydrogen (secondary N) is 1. The molecule has 3 aromatic rings. The van der Waals surface area contributed by atoms with Crippen LogP contribution in [0.4, 0.5) is 5.69 Å². The summed E-state index contributed by atoms with van der Waals surface area (Å²) < 4.78 is 28.6. The molecular weight excluding hydrogens is 426 g/mol. The maximum absolute atomic E-state index is 12.7. The molecule has 4 rings (SSSR count). The SMILES string of the molecule is Cc1cccc(N2CCN(S(=O)(=O)CC(=O)NCc3ccc(-n4cccn4)cc3)CC2)c1. The smallest absolute Gasteiger partial charge is 0.236 e. The number of aryl methyl sites for hydroxylation is 1. The minimum atomic E-state index is -3.65. The number of hydrogen-bond donors (Lipinski definition) is 1. The van der Waals surface area contributed by atoms with Crippen molar-refractivity contribution < 1.29 is 13.2 Å². The van der Waals surface area contributed by atoms with Crippen LogP contribution in [-0.4, -0.2) is 60.3 Å². The Morgan fingerprint density at radius 3 is 2.41 bits per heavy atom. The number of anilines is 1. The van der Waals surface area contributed by atoms with Crippen LogP contribution in [0.25, 0.3) is 5.69 Å². The Balaban J connectivity index is 1.26. The third-order valence-electron chi connectivity index (χ3n) is 5.51. The maximum atomic E-state index is 12.7. The van der Waals surface area contributed by atoms with Gasteiger partial charge in [-0.2, -0.15) is 9.40 Å². The lowest BCUT2D eigenvalue weighted by Gasteiger charge is -2.35. The molecule has 0 unspecified atom stereocenters. The van der Waals surface area contributed by atoms with E-state index in [0.717, 1.165) is 16.9 Å². The number of piperazine rings is 1. The van der Waals surface area contributed by atoms with Crippen LogP contribution in [0, 0.1) is 6.92 Å². The standard InChI is InChI=1S/C23H27N5O3S/c1-19-4-2-5-22(16-19)26-12-14-27(15-13-26)32(30,31)18-23(29)24-17-20-6-8-21(9-7-20)28-11-3-10-25-28/h2-11,16H,12-15,17-18H2,1H3,(H,24,29). The number of carbonyl (C=O) groups is 1. The second-order valence-corrected chi connectivity index (χ2v) is 9.84. The van der Waals surface area contributed by atoms with Gasteiger partial charge in [-0.3, -0.25) is 4.79 Å². The topological polar surface area (TPSA) is 87.5 Å². The summed E-state index contributed by atoms with van der Waals surface area (Å²) in [7, 11) is -3.65. The molecule has 0 atom stereocenters. The average molecular weight is 454 g/mol. The van der Waals surface area contributed by atoms with E-state index in [0.29, 0.717) is 26.2 Å². The highest BCUT2D eigenvalue weighted by Crippen LogP contribution is 2.19. The van der Waals surface area contributed by atoms with Gasteiger partial charge >= 0.3 is 0 Å². The van der Waals surface area contributed by atoms with Gasteiger partial charge in [0, 0.05) is 50.8 Å². The van der Waals surface area contributed by atoms with Crippen molar-refractivity contribution in [3.05, 3.63) is 78.1 Å². The molecule has 0 bridgehead atoms. The fraction of sp³-hybridized carbons (Fsp3) is 0.304. The maximum Gasteiger partial charge on any atom is 0.236 e. The van der Waals surface area contributed by atoms with Crippen LogP contribution < -0.4 is 10.2 Å². The Hall–Kier alpha value is -3.17. The predicted molar refractivity (Wildman–Crippen MR) is 124 cm³/mol. The number of aromatic nitrogens is 2. The van der Waals surface area contributed by atoms with Gasteiger partial charge in [-0.1, -0.05) is 24.3 Å². The minimum Gasteiger partial charge on any atom is -0.369 e. The fourth-order valence-electron chi connectivity index (χ4n) is 3.75. The lowest BCUT2D eigenvalue weighted by molar-refractivity contribution is -0.118. The van der Waals surface area contributed by atoms with Gasteiger partial charge in [0.1, 0.15) is 5.75 Å². The average Bonchev–Trinajstić information content (AvgIpc) is 3.33. The van der Waals surface area contributed by atoms with E-state index >= 15 is 0 Å². The Bertz CT molecular complexity index is 1150. The first-order chi connectivity index (χ1) is 15.4. The van der Waals surface area contributed by atoms with Gasteiger partial charge in [0.05, 0.1) is 5.69 Å². The lowest BCUT2D eigenvalue weighted by atomic mass is 10.2. The fourth-order valence-corrected chi connectivity index (χ4v) is 5.08. The van der Waals surface area contributed by atoms with Crippen LogP contribution in [0.5, 0.6) is 0 Å². The molecule has 0 saturated carbocycles. The van der Waals surface area contributed by atoms with Crippen molar-refractivity contribution in [2.24, 2.45) is 0 Å². The summed E-state index contributed by atoms with van der Waals surface area (Å²) in [5.41, 5.74) is 4.07. The summed E-state index contributed by atoms with van der Waals surface area (Å²) in [5.74, 6) is -1.04. The first kappa shape index (κ1) is 22.0. The van der Waals surface area contributed by atoms with Crippen LogP contribution in [0.2, 0.25) is 0 Å². The molecule has 1 amide bonds. The zero-order valence-electron chi connectivity index (χ0n) is 18.0. The molecule has 8 nitrogen and oxygen atoms in total. The normalized spacial score (nSPS) is 15.0. The van der Waals surface area contributed by atoms with Gasteiger partial charge in [-0.25, -0.2) is 13.1 Å². The minimum absolute atomic E-state index is 0.273. The Morgan fingerprint density at radius 2 is 1.75 bits per heavy atom. The molecule has 32 heavy (non-hydrogen) atoms. The molecule has 1 N–H and O–H groups in total. The van der Waals surface area contributed by atoms with E-state index in [1.165, 1.54) is 9.87 Å². The van der Waals surface area contributed by atoms with Gasteiger partial charge in [0.25, 0.3) is 0 Å². The molecule has 9 heteroatoms. The third kappa shape index (κ3) is 5.35. The van der Waals surface area contributed by atoms with Gasteiger partial charge in [-0.15, -0.1) is 0 Å². The third-order valence-corrected chi connectivity index (χ3v) is 7.29. The number of sulfonamides is 1. The highest BCUT2D eigenvalue weighted by molar-refractivity contribution is 7.89. The molecule has 1 aromatic heterocycles. The molecule has 0 spiro atoms. The van der Waals surface area contributed by atoms with E-state index in [1.54, 1.807) is 10.9 Å². The van der Waals surface area contributed by atoms with Crippen molar-refractivity contribution in [3.8, 4) is 5.69 Å². The van der Waals surface area contributed by atoms with E-state index in [2.05, 4.69) is 21.4 Å². The first-order valence-electron chi connectivity index (χ1n) is 10.6. The second kappa shape index (κ2) is 9.54. The quantitative estimate of drug-likeness (QED) is 0.591. The summed E-state index contributed by atoms with van der Waals surface area (Å²) in [6, 6.07) is 17.6. The van der Waals surface area contributed by atoms with Crippen molar-refractivity contribution in [2.45, 2.75) is 13.5 Å². The highest BCUT2D eigenvalue weighted by atomic mass is 32.2.